The predicted molar refractivity (Wildman–Crippen MR) is 167 cm³/mol. The zero-order valence-electron chi connectivity index (χ0n) is 23.6. The van der Waals surface area contributed by atoms with E-state index in [2.05, 4.69) is 10.2 Å². The maximum absolute atomic E-state index is 14.1. The van der Waals surface area contributed by atoms with E-state index in [9.17, 15) is 14.7 Å². The molecule has 44 heavy (non-hydrogen) atoms. The van der Waals surface area contributed by atoms with E-state index in [0.717, 1.165) is 16.9 Å². The summed E-state index contributed by atoms with van der Waals surface area (Å²) < 4.78 is 22.7. The highest BCUT2D eigenvalue weighted by molar-refractivity contribution is 8.00. The summed E-state index contributed by atoms with van der Waals surface area (Å²) in [7, 11) is 4.48. The Morgan fingerprint density at radius 3 is 2.52 bits per heavy atom. The lowest BCUT2D eigenvalue weighted by molar-refractivity contribution is -0.117. The Balaban J connectivity index is 1.41. The molecule has 1 aliphatic rings. The number of thioether (sulfide) groups is 1. The summed E-state index contributed by atoms with van der Waals surface area (Å²) in [5, 5.41) is 21.2. The predicted octanol–water partition coefficient (Wildman–Crippen LogP) is 7.04. The number of aromatic nitrogens is 2. The molecule has 6 rings (SSSR count). The lowest BCUT2D eigenvalue weighted by Crippen LogP contribution is -2.31. The molecule has 0 spiro atoms. The molecule has 2 aromatic heterocycles. The van der Waals surface area contributed by atoms with Crippen LogP contribution in [0.4, 0.5) is 5.13 Å². The summed E-state index contributed by atoms with van der Waals surface area (Å²) in [5.74, 6) is -0.471. The van der Waals surface area contributed by atoms with Crippen LogP contribution in [0, 0.1) is 0 Å². The minimum absolute atomic E-state index is 0.0700. The van der Waals surface area contributed by atoms with E-state index in [-0.39, 0.29) is 16.5 Å². The van der Waals surface area contributed by atoms with Crippen molar-refractivity contribution in [3.63, 3.8) is 0 Å². The van der Waals surface area contributed by atoms with Crippen LogP contribution in [0.25, 0.3) is 11.0 Å². The molecule has 1 unspecified atom stereocenters. The van der Waals surface area contributed by atoms with Gasteiger partial charge in [-0.05, 0) is 41.5 Å². The molecule has 1 amide bonds. The number of fused-ring (bicyclic) bond motifs is 1. The van der Waals surface area contributed by atoms with E-state index in [4.69, 9.17) is 30.2 Å². The van der Waals surface area contributed by atoms with E-state index in [0.29, 0.717) is 48.9 Å². The number of rotatable bonds is 10. The van der Waals surface area contributed by atoms with Gasteiger partial charge in [0.25, 0.3) is 5.91 Å². The average Bonchev–Trinajstić information content (AvgIpc) is 3.76. The van der Waals surface area contributed by atoms with E-state index < -0.39 is 23.5 Å². The monoisotopic (exact) mass is 649 g/mol. The quantitative estimate of drug-likeness (QED) is 0.0957. The van der Waals surface area contributed by atoms with Crippen molar-refractivity contribution in [3.8, 4) is 17.2 Å². The van der Waals surface area contributed by atoms with Crippen LogP contribution in [-0.4, -0.2) is 48.3 Å². The molecule has 0 radical (unpaired) electrons. The first kappa shape index (κ1) is 29.5. The SMILES string of the molecule is COc1ccc(C2C(C(=O)c3cc4cccc(OC)c4o3)=C(O)C(=O)N2c2nnc(SCc3ccccc3Cl)s2)cc1OC. The first-order valence-electron chi connectivity index (χ1n) is 13.1. The zero-order valence-corrected chi connectivity index (χ0v) is 26.0. The number of aliphatic hydroxyl groups is 1. The van der Waals surface area contributed by atoms with Gasteiger partial charge in [0.05, 0.1) is 32.9 Å². The van der Waals surface area contributed by atoms with Gasteiger partial charge < -0.3 is 23.7 Å². The molecule has 1 aliphatic heterocycles. The molecular formula is C31H24ClN3O7S2. The molecule has 1 N–H and O–H groups in total. The second-order valence-corrected chi connectivity index (χ2v) is 12.1. The van der Waals surface area contributed by atoms with Gasteiger partial charge in [-0.25, -0.2) is 0 Å². The third-order valence-electron chi connectivity index (χ3n) is 7.04. The topological polar surface area (TPSA) is 124 Å². The number of nitrogens with zero attached hydrogens (tertiary/aromatic N) is 3. The molecule has 0 saturated heterocycles. The molecular weight excluding hydrogens is 626 g/mol. The molecule has 0 saturated carbocycles. The summed E-state index contributed by atoms with van der Waals surface area (Å²) in [6.45, 7) is 0. The Kier molecular flexibility index (Phi) is 8.21. The summed E-state index contributed by atoms with van der Waals surface area (Å²) >= 11 is 8.87. The van der Waals surface area contributed by atoms with Crippen LogP contribution in [-0.2, 0) is 10.5 Å². The fraction of sp³-hybridized carbons (Fsp3) is 0.161. The molecule has 224 valence electrons. The number of carbonyl (C=O) groups excluding carboxylic acids is 2. The van der Waals surface area contributed by atoms with Crippen LogP contribution < -0.4 is 19.1 Å². The number of para-hydroxylation sites is 1. The average molecular weight is 650 g/mol. The van der Waals surface area contributed by atoms with E-state index >= 15 is 0 Å². The number of furan rings is 1. The first-order valence-corrected chi connectivity index (χ1v) is 15.3. The van der Waals surface area contributed by atoms with Gasteiger partial charge in [0.2, 0.25) is 10.9 Å². The highest BCUT2D eigenvalue weighted by Crippen LogP contribution is 2.46. The number of amides is 1. The molecule has 0 aliphatic carbocycles. The summed E-state index contributed by atoms with van der Waals surface area (Å²) in [6, 6.07) is 18.2. The minimum atomic E-state index is -1.08. The fourth-order valence-corrected chi connectivity index (χ4v) is 7.08. The number of hydrogen-bond acceptors (Lipinski definition) is 11. The van der Waals surface area contributed by atoms with Gasteiger partial charge in [-0.2, -0.15) is 0 Å². The molecule has 13 heteroatoms. The number of benzene rings is 3. The number of ketones is 1. The molecule has 10 nitrogen and oxygen atoms in total. The Labute approximate surface area is 264 Å². The number of Topliss-reactive ketones (excluding diaryl/α,β-unsaturated/α-hetero) is 1. The van der Waals surface area contributed by atoms with Crippen molar-refractivity contribution in [3.05, 3.63) is 100.0 Å². The van der Waals surface area contributed by atoms with E-state index in [1.165, 1.54) is 38.0 Å². The molecule has 3 aromatic carbocycles. The second kappa shape index (κ2) is 12.2. The lowest BCUT2D eigenvalue weighted by atomic mass is 9.95. The number of carbonyl (C=O) groups is 2. The van der Waals surface area contributed by atoms with Gasteiger partial charge in [0.1, 0.15) is 0 Å². The molecule has 0 bridgehead atoms. The Bertz CT molecular complexity index is 1940. The Morgan fingerprint density at radius 1 is 1.00 bits per heavy atom. The highest BCUT2D eigenvalue weighted by atomic mass is 35.5. The van der Waals surface area contributed by atoms with Gasteiger partial charge in [-0.1, -0.05) is 71.1 Å². The van der Waals surface area contributed by atoms with Crippen molar-refractivity contribution in [1.82, 2.24) is 10.2 Å². The Hall–Kier alpha value is -4.52. The number of ether oxygens (including phenoxy) is 3. The normalized spacial score (nSPS) is 14.9. The van der Waals surface area contributed by atoms with Gasteiger partial charge in [0.15, 0.2) is 38.7 Å². The van der Waals surface area contributed by atoms with Crippen molar-refractivity contribution in [2.75, 3.05) is 26.2 Å². The number of anilines is 1. The smallest absolute Gasteiger partial charge is 0.296 e. The van der Waals surface area contributed by atoms with Crippen LogP contribution in [0.15, 0.2) is 86.8 Å². The van der Waals surface area contributed by atoms with E-state index in [1.54, 1.807) is 42.5 Å². The first-order chi connectivity index (χ1) is 21.3. The van der Waals surface area contributed by atoms with Crippen molar-refractivity contribution in [1.29, 1.82) is 0 Å². The standard InChI is InChI=1S/C31H24ClN3O7S2/c1-39-20-12-11-16(13-22(20)41-3)25-24(26(36)23-14-17-8-6-10-21(40-2)28(17)42-23)27(37)29(38)35(25)30-33-34-31(44-30)43-15-18-7-4-5-9-19(18)32/h4-14,25,37H,15H2,1-3H3. The van der Waals surface area contributed by atoms with Gasteiger partial charge in [-0.3, -0.25) is 14.5 Å². The fourth-order valence-electron chi connectivity index (χ4n) is 4.93. The van der Waals surface area contributed by atoms with Crippen LogP contribution in [0.3, 0.4) is 0 Å². The Morgan fingerprint density at radius 2 is 1.77 bits per heavy atom. The molecule has 0 fully saturated rings. The van der Waals surface area contributed by atoms with Crippen LogP contribution >= 0.6 is 34.7 Å². The maximum Gasteiger partial charge on any atom is 0.296 e. The summed E-state index contributed by atoms with van der Waals surface area (Å²) in [6.07, 6.45) is 0. The number of methoxy groups -OCH3 is 3. The van der Waals surface area contributed by atoms with Crippen molar-refractivity contribution in [2.24, 2.45) is 0 Å². The molecule has 3 heterocycles. The largest absolute Gasteiger partial charge is 0.503 e. The van der Waals surface area contributed by atoms with Crippen LogP contribution in [0.5, 0.6) is 17.2 Å². The third kappa shape index (κ3) is 5.25. The van der Waals surface area contributed by atoms with E-state index in [1.807, 2.05) is 24.3 Å². The summed E-state index contributed by atoms with van der Waals surface area (Å²) in [4.78, 5) is 29.0. The highest BCUT2D eigenvalue weighted by Gasteiger charge is 2.47. The maximum atomic E-state index is 14.1. The third-order valence-corrected chi connectivity index (χ3v) is 9.51. The number of aliphatic hydroxyl groups excluding tert-OH is 1. The van der Waals surface area contributed by atoms with Gasteiger partial charge in [0, 0.05) is 16.2 Å². The molecule has 1 atom stereocenters. The summed E-state index contributed by atoms with van der Waals surface area (Å²) in [5.41, 5.74) is 1.58. The number of hydrogen-bond donors (Lipinski definition) is 1. The number of halogens is 1. The van der Waals surface area contributed by atoms with Crippen LogP contribution in [0.1, 0.15) is 27.7 Å². The van der Waals surface area contributed by atoms with Gasteiger partial charge in [-0.15, -0.1) is 10.2 Å². The lowest BCUT2D eigenvalue weighted by Gasteiger charge is -2.24. The van der Waals surface area contributed by atoms with Crippen LogP contribution in [0.2, 0.25) is 5.02 Å². The van der Waals surface area contributed by atoms with Crippen molar-refractivity contribution >= 4 is 62.5 Å². The van der Waals surface area contributed by atoms with Crippen molar-refractivity contribution < 1.29 is 33.3 Å². The van der Waals surface area contributed by atoms with Gasteiger partial charge >= 0.3 is 0 Å². The molecule has 5 aromatic rings. The van der Waals surface area contributed by atoms with Crippen molar-refractivity contribution in [2.45, 2.75) is 16.1 Å². The minimum Gasteiger partial charge on any atom is -0.503 e. The second-order valence-electron chi connectivity index (χ2n) is 9.50. The zero-order chi connectivity index (χ0) is 31.0.